The van der Waals surface area contributed by atoms with Gasteiger partial charge in [0, 0.05) is 69.1 Å². The standard InChI is InChI=1S/C48H58N10O6S/c1-29(31-10-12-32(13-11-31)42-30(2)49-28-65-42)51-45(62)39-25-34(59)26-58(39)46(63)43(47(3,4)5)54-41(60)17-21-57-23-22-56(27-48(57)18-19-48)33-14-15-37(40(24-33)64-6)53-44(61)38-9-7-8-35(52-38)36-16-20-50-55-36/h7-16,20,24,28-29,34,39,43,59H,17-19,21-23,25-27H2,1-6H3,(H,50,55)(H,51,62)(H,53,61)(H,54,60)/t29-,34+,39-,43+/m0/s1. The number of aromatic nitrogens is 4. The smallest absolute Gasteiger partial charge is 0.274 e. The van der Waals surface area contributed by atoms with Crippen LogP contribution < -0.4 is 25.6 Å². The van der Waals surface area contributed by atoms with Gasteiger partial charge < -0.3 is 35.6 Å². The lowest BCUT2D eigenvalue weighted by atomic mass is 9.85. The minimum Gasteiger partial charge on any atom is -0.494 e. The summed E-state index contributed by atoms with van der Waals surface area (Å²) in [5.74, 6) is -0.808. The maximum absolute atomic E-state index is 14.3. The van der Waals surface area contributed by atoms with Crippen LogP contribution in [0.5, 0.6) is 5.75 Å². The van der Waals surface area contributed by atoms with Crippen molar-refractivity contribution in [3.63, 3.8) is 0 Å². The Bertz CT molecular complexity index is 2520. The summed E-state index contributed by atoms with van der Waals surface area (Å²) in [5.41, 5.74) is 7.10. The summed E-state index contributed by atoms with van der Waals surface area (Å²) in [6.45, 7) is 12.3. The molecule has 5 heterocycles. The van der Waals surface area contributed by atoms with Crippen LogP contribution in [0, 0.1) is 12.3 Å². The molecule has 2 saturated heterocycles. The third kappa shape index (κ3) is 10.1. The number of carbonyl (C=O) groups is 4. The van der Waals surface area contributed by atoms with Gasteiger partial charge in [-0.25, -0.2) is 9.97 Å². The monoisotopic (exact) mass is 902 g/mol. The molecule has 16 nitrogen and oxygen atoms in total. The number of nitrogens with zero attached hydrogens (tertiary/aromatic N) is 6. The fourth-order valence-corrected chi connectivity index (χ4v) is 9.77. The first-order valence-electron chi connectivity index (χ1n) is 22.2. The fraction of sp³-hybridized carbons (Fsp3) is 0.438. The van der Waals surface area contributed by atoms with E-state index in [0.717, 1.165) is 59.9 Å². The molecule has 0 bridgehead atoms. The van der Waals surface area contributed by atoms with Gasteiger partial charge in [-0.2, -0.15) is 5.10 Å². The molecular weight excluding hydrogens is 845 g/mol. The number of piperazine rings is 1. The highest BCUT2D eigenvalue weighted by atomic mass is 32.1. The van der Waals surface area contributed by atoms with Crippen molar-refractivity contribution in [2.75, 3.05) is 50.1 Å². The second kappa shape index (κ2) is 18.7. The molecule has 3 aliphatic rings. The number of hydrogen-bond donors (Lipinski definition) is 5. The number of carbonyl (C=O) groups excluding carboxylic acids is 4. The first-order valence-corrected chi connectivity index (χ1v) is 23.1. The number of β-amino-alcohol motifs (C(OH)–C–C–N with tert-alkyl or cyclic N) is 1. The first-order chi connectivity index (χ1) is 31.1. The molecule has 0 radical (unpaired) electrons. The highest BCUT2D eigenvalue weighted by molar-refractivity contribution is 7.13. The van der Waals surface area contributed by atoms with Gasteiger partial charge >= 0.3 is 0 Å². The number of benzene rings is 2. The summed E-state index contributed by atoms with van der Waals surface area (Å²) in [7, 11) is 1.58. The van der Waals surface area contributed by atoms with Crippen LogP contribution in [0.25, 0.3) is 21.8 Å². The summed E-state index contributed by atoms with van der Waals surface area (Å²) in [4.78, 5) is 71.1. The van der Waals surface area contributed by atoms with E-state index in [2.05, 4.69) is 45.9 Å². The predicted octanol–water partition coefficient (Wildman–Crippen LogP) is 5.58. The Balaban J connectivity index is 0.852. The molecule has 2 aliphatic heterocycles. The number of amides is 4. The highest BCUT2D eigenvalue weighted by Gasteiger charge is 2.51. The third-order valence-electron chi connectivity index (χ3n) is 12.8. The number of likely N-dealkylation sites (tertiary alicyclic amines) is 1. The summed E-state index contributed by atoms with van der Waals surface area (Å²) >= 11 is 1.58. The second-order valence-electron chi connectivity index (χ2n) is 18.5. The third-order valence-corrected chi connectivity index (χ3v) is 13.8. The zero-order chi connectivity index (χ0) is 46.0. The maximum atomic E-state index is 14.3. The number of aromatic amines is 1. The molecular formula is C48H58N10O6S. The van der Waals surface area contributed by atoms with E-state index in [1.54, 1.807) is 42.8 Å². The number of aliphatic hydroxyl groups excluding tert-OH is 1. The second-order valence-corrected chi connectivity index (χ2v) is 19.3. The molecule has 1 aliphatic carbocycles. The number of ether oxygens (including phenoxy) is 1. The minimum absolute atomic E-state index is 0.00586. The lowest BCUT2D eigenvalue weighted by Crippen LogP contribution is -2.58. The minimum atomic E-state index is -0.909. The topological polar surface area (TPSA) is 198 Å². The Kier molecular flexibility index (Phi) is 13.1. The van der Waals surface area contributed by atoms with Crippen LogP contribution in [0.1, 0.15) is 81.2 Å². The summed E-state index contributed by atoms with van der Waals surface area (Å²) in [6.07, 6.45) is 3.08. The number of aliphatic hydroxyl groups is 1. The number of thiazole rings is 1. The van der Waals surface area contributed by atoms with Crippen molar-refractivity contribution in [3.8, 4) is 27.6 Å². The fourth-order valence-electron chi connectivity index (χ4n) is 8.96. The SMILES string of the molecule is COc1cc(N2CCN(CCC(=O)N[C@H](C(=O)N3C[C@H](O)C[C@H]3C(=O)N[C@@H](C)c3ccc(-c4scnc4C)cc3)C(C)(C)C)C3(CC3)C2)ccc1NC(=O)c1cccc(-c2ccn[nH]2)n1. The Morgan fingerprint density at radius 3 is 2.49 bits per heavy atom. The van der Waals surface area contributed by atoms with Crippen molar-refractivity contribution < 1.29 is 29.0 Å². The van der Waals surface area contributed by atoms with E-state index >= 15 is 0 Å². The van der Waals surface area contributed by atoms with Crippen molar-refractivity contribution in [1.29, 1.82) is 0 Å². The maximum Gasteiger partial charge on any atom is 0.274 e. The average molecular weight is 903 g/mol. The van der Waals surface area contributed by atoms with Gasteiger partial charge in [0.15, 0.2) is 0 Å². The number of anilines is 2. The molecule has 5 N–H and O–H groups in total. The number of nitrogens with one attached hydrogen (secondary N) is 4. The Labute approximate surface area is 383 Å². The molecule has 4 amide bonds. The molecule has 8 rings (SSSR count). The number of methoxy groups -OCH3 is 1. The Hall–Kier alpha value is -6.17. The quantitative estimate of drug-likeness (QED) is 0.0933. The normalized spacial score (nSPS) is 19.1. The van der Waals surface area contributed by atoms with Gasteiger partial charge in [-0.15, -0.1) is 11.3 Å². The van der Waals surface area contributed by atoms with Crippen molar-refractivity contribution in [1.82, 2.24) is 40.6 Å². The molecule has 5 aromatic rings. The number of aryl methyl sites for hydroxylation is 1. The van der Waals surface area contributed by atoms with Gasteiger partial charge in [0.25, 0.3) is 5.91 Å². The van der Waals surface area contributed by atoms with Gasteiger partial charge in [-0.1, -0.05) is 51.1 Å². The summed E-state index contributed by atoms with van der Waals surface area (Å²) < 4.78 is 5.73. The van der Waals surface area contributed by atoms with Crippen molar-refractivity contribution in [3.05, 3.63) is 95.4 Å². The van der Waals surface area contributed by atoms with Crippen LogP contribution in [-0.2, 0) is 14.4 Å². The van der Waals surface area contributed by atoms with E-state index in [-0.39, 0.29) is 60.3 Å². The zero-order valence-electron chi connectivity index (χ0n) is 37.8. The van der Waals surface area contributed by atoms with Gasteiger partial charge in [-0.05, 0) is 73.6 Å². The van der Waals surface area contributed by atoms with Gasteiger partial charge in [-0.3, -0.25) is 29.2 Å². The number of pyridine rings is 1. The first kappa shape index (κ1) is 45.4. The van der Waals surface area contributed by atoms with Crippen LogP contribution in [0.3, 0.4) is 0 Å². The van der Waals surface area contributed by atoms with Crippen molar-refractivity contribution in [2.45, 2.75) is 90.1 Å². The van der Waals surface area contributed by atoms with Crippen LogP contribution in [-0.4, -0.2) is 122 Å². The van der Waals surface area contributed by atoms with E-state index in [0.29, 0.717) is 29.4 Å². The molecule has 1 saturated carbocycles. The van der Waals surface area contributed by atoms with E-state index in [1.165, 1.54) is 4.90 Å². The van der Waals surface area contributed by atoms with Crippen LogP contribution in [0.4, 0.5) is 11.4 Å². The number of hydrogen-bond acceptors (Lipinski definition) is 12. The van der Waals surface area contributed by atoms with Crippen LogP contribution in [0.2, 0.25) is 0 Å². The van der Waals surface area contributed by atoms with E-state index in [4.69, 9.17) is 4.74 Å². The lowest BCUT2D eigenvalue weighted by molar-refractivity contribution is -0.144. The Morgan fingerprint density at radius 1 is 1.03 bits per heavy atom. The van der Waals surface area contributed by atoms with Crippen LogP contribution >= 0.6 is 11.3 Å². The molecule has 342 valence electrons. The largest absolute Gasteiger partial charge is 0.494 e. The van der Waals surface area contributed by atoms with E-state index < -0.39 is 23.6 Å². The van der Waals surface area contributed by atoms with Gasteiger partial charge in [0.1, 0.15) is 23.5 Å². The molecule has 3 aromatic heterocycles. The lowest BCUT2D eigenvalue weighted by Gasteiger charge is -2.43. The highest BCUT2D eigenvalue weighted by Crippen LogP contribution is 2.46. The number of rotatable bonds is 14. The van der Waals surface area contributed by atoms with Crippen LogP contribution in [0.15, 0.2) is 78.4 Å². The van der Waals surface area contributed by atoms with E-state index in [1.807, 2.05) is 88.7 Å². The average Bonchev–Trinajstić information content (AvgIpc) is 3.63. The predicted molar refractivity (Wildman–Crippen MR) is 249 cm³/mol. The van der Waals surface area contributed by atoms with E-state index in [9.17, 15) is 24.3 Å². The molecule has 65 heavy (non-hydrogen) atoms. The molecule has 1 spiro atoms. The number of H-pyrrole nitrogens is 1. The van der Waals surface area contributed by atoms with Crippen molar-refractivity contribution in [2.24, 2.45) is 5.41 Å². The summed E-state index contributed by atoms with van der Waals surface area (Å²) in [5, 5.41) is 26.6. The summed E-state index contributed by atoms with van der Waals surface area (Å²) in [6, 6.07) is 18.6. The molecule has 0 unspecified atom stereocenters. The molecule has 17 heteroatoms. The molecule has 4 atom stereocenters. The van der Waals surface area contributed by atoms with Gasteiger partial charge in [0.05, 0.1) is 52.4 Å². The molecule has 3 fully saturated rings. The Morgan fingerprint density at radius 2 is 1.82 bits per heavy atom. The van der Waals surface area contributed by atoms with Gasteiger partial charge in [0.2, 0.25) is 17.7 Å². The zero-order valence-corrected chi connectivity index (χ0v) is 38.6. The van der Waals surface area contributed by atoms with Crippen molar-refractivity contribution >= 4 is 46.3 Å². The molecule has 2 aromatic carbocycles.